The second kappa shape index (κ2) is 24.6. The summed E-state index contributed by atoms with van der Waals surface area (Å²) in [5.74, 6) is -0.0683. The molecule has 314 valence electrons. The molecule has 0 unspecified atom stereocenters. The number of pyridine rings is 1. The van der Waals surface area contributed by atoms with Gasteiger partial charge in [-0.05, 0) is 72.0 Å². The Labute approximate surface area is 448 Å². The van der Waals surface area contributed by atoms with E-state index in [0.717, 1.165) is 41.7 Å². The Morgan fingerprint density at radius 3 is 1.82 bits per heavy atom. The van der Waals surface area contributed by atoms with Crippen molar-refractivity contribution in [1.29, 1.82) is 5.26 Å². The molecule has 7 aromatic rings. The first kappa shape index (κ1) is 59.2. The molecule has 0 bridgehead atoms. The van der Waals surface area contributed by atoms with Crippen LogP contribution in [0, 0.1) is 30.4 Å². The van der Waals surface area contributed by atoms with Crippen molar-refractivity contribution in [2.75, 3.05) is 10.6 Å². The van der Waals surface area contributed by atoms with Gasteiger partial charge in [0.25, 0.3) is 0 Å². The molecule has 2 aromatic heterocycles. The molecular weight excluding hydrogens is 917 g/mol. The zero-order chi connectivity index (χ0) is 44.4. The molecule has 0 radical (unpaired) electrons. The summed E-state index contributed by atoms with van der Waals surface area (Å²) in [6.45, 7) is 1.31. The van der Waals surface area contributed by atoms with Gasteiger partial charge in [0.15, 0.2) is 16.6 Å². The number of azo groups is 2. The van der Waals surface area contributed by atoms with E-state index in [1.807, 2.05) is 0 Å². The number of benzene rings is 5. The van der Waals surface area contributed by atoms with Crippen molar-refractivity contribution >= 4 is 97.0 Å². The summed E-state index contributed by atoms with van der Waals surface area (Å²) in [6, 6.07) is 29.0. The molecule has 2 heterocycles. The van der Waals surface area contributed by atoms with Gasteiger partial charge in [0, 0.05) is 22.5 Å². The van der Waals surface area contributed by atoms with Gasteiger partial charge >= 0.3 is 94.3 Å². The second-order valence-electron chi connectivity index (χ2n) is 12.8. The predicted octanol–water partition coefficient (Wildman–Crippen LogP) is -7.32. The monoisotopic (exact) mass is 941 g/mol. The maximum absolute atomic E-state index is 12.1. The van der Waals surface area contributed by atoms with E-state index in [1.165, 1.54) is 49.4 Å². The fraction of sp³-hybridized carbons (Fsp3) is 0.0513. The van der Waals surface area contributed by atoms with Crippen LogP contribution in [-0.4, -0.2) is 54.0 Å². The minimum absolute atomic E-state index is 0. The Morgan fingerprint density at radius 2 is 1.30 bits per heavy atom. The van der Waals surface area contributed by atoms with E-state index in [2.05, 4.69) is 59.3 Å². The van der Waals surface area contributed by atoms with E-state index in [1.54, 1.807) is 24.3 Å². The van der Waals surface area contributed by atoms with Crippen LogP contribution in [0.1, 0.15) is 16.7 Å². The molecular formula is C39H24Li5N9O10S4. The summed E-state index contributed by atoms with van der Waals surface area (Å²) in [5.41, 5.74) is 2.08. The van der Waals surface area contributed by atoms with Crippen LogP contribution in [0.4, 0.5) is 44.5 Å². The Hall–Kier alpha value is -3.89. The zero-order valence-electron chi connectivity index (χ0n) is 36.3. The summed E-state index contributed by atoms with van der Waals surface area (Å²) >= 11 is 0.910. The van der Waals surface area contributed by atoms with E-state index < -0.39 is 45.0 Å². The third kappa shape index (κ3) is 14.3. The minimum atomic E-state index is -4.94. The number of hydrogen-bond donors (Lipinski definition) is 3. The summed E-state index contributed by atoms with van der Waals surface area (Å²) in [5, 5.41) is 43.6. The summed E-state index contributed by atoms with van der Waals surface area (Å²) in [4.78, 5) is 7.63. The van der Waals surface area contributed by atoms with Gasteiger partial charge in [0.1, 0.15) is 47.8 Å². The van der Waals surface area contributed by atoms with Gasteiger partial charge in [0.2, 0.25) is 5.13 Å². The zero-order valence-corrected chi connectivity index (χ0v) is 39.6. The number of anilines is 4. The molecule has 5 aromatic carbocycles. The largest absolute Gasteiger partial charge is 1.00 e. The first-order valence-corrected chi connectivity index (χ1v) is 22.4. The topological polar surface area (TPSA) is 315 Å². The average Bonchev–Trinajstić information content (AvgIpc) is 3.64. The molecule has 67 heavy (non-hydrogen) atoms. The number of hydrogen-bond acceptors (Lipinski definition) is 20. The van der Waals surface area contributed by atoms with E-state index in [0.29, 0.717) is 11.1 Å². The van der Waals surface area contributed by atoms with E-state index in [-0.39, 0.29) is 173 Å². The normalized spacial score (nSPS) is 11.3. The van der Waals surface area contributed by atoms with E-state index in [4.69, 9.17) is 0 Å². The average molecular weight is 942 g/mol. The molecule has 0 aliphatic rings. The Morgan fingerprint density at radius 1 is 0.731 bits per heavy atom. The van der Waals surface area contributed by atoms with Crippen molar-refractivity contribution in [3.8, 4) is 17.3 Å². The summed E-state index contributed by atoms with van der Waals surface area (Å²) in [6.07, 6.45) is 0. The SMILES string of the molecule is Cc1c(C#N)c(Nc2ccc(S(=O)(=O)[O-])cc2)nc(Nc2ccc(S(=O)(=O)[O-])cc2)c1N=Nc1nc(-c2ccc(CO)cc2)c(N=Nc2cc(S(=O)(=O)[O-])c3c[c-]c[c-]c3c2)s1.[Li+].[Li+].[Li+].[Li+].[Li+]. The van der Waals surface area contributed by atoms with Crippen molar-refractivity contribution in [3.63, 3.8) is 0 Å². The molecule has 7 rings (SSSR count). The van der Waals surface area contributed by atoms with Crippen LogP contribution in [0.15, 0.2) is 132 Å². The predicted molar refractivity (Wildman–Crippen MR) is 220 cm³/mol. The van der Waals surface area contributed by atoms with Crippen LogP contribution in [0.3, 0.4) is 0 Å². The van der Waals surface area contributed by atoms with Crippen LogP contribution < -0.4 is 105 Å². The van der Waals surface area contributed by atoms with Gasteiger partial charge in [-0.15, -0.1) is 20.5 Å². The van der Waals surface area contributed by atoms with Gasteiger partial charge in [0.05, 0.1) is 27.6 Å². The Balaban J connectivity index is 0.00000308. The van der Waals surface area contributed by atoms with Crippen LogP contribution in [0.5, 0.6) is 0 Å². The summed E-state index contributed by atoms with van der Waals surface area (Å²) < 4.78 is 106. The molecule has 0 amide bonds. The molecule has 0 saturated heterocycles. The molecule has 0 aliphatic heterocycles. The van der Waals surface area contributed by atoms with Gasteiger partial charge in [-0.3, -0.25) is 6.07 Å². The van der Waals surface area contributed by atoms with Crippen LogP contribution >= 0.6 is 11.3 Å². The molecule has 0 spiro atoms. The van der Waals surface area contributed by atoms with E-state index >= 15 is 0 Å². The number of nitrogens with zero attached hydrogens (tertiary/aromatic N) is 7. The molecule has 19 nitrogen and oxygen atoms in total. The number of nitriles is 1. The van der Waals surface area contributed by atoms with Crippen molar-refractivity contribution in [2.45, 2.75) is 28.2 Å². The fourth-order valence-corrected chi connectivity index (χ4v) is 8.14. The van der Waals surface area contributed by atoms with Crippen molar-refractivity contribution in [3.05, 3.63) is 126 Å². The van der Waals surface area contributed by atoms with Gasteiger partial charge < -0.3 is 47.6 Å². The first-order chi connectivity index (χ1) is 29.4. The number of rotatable bonds is 13. The quantitative estimate of drug-likeness (QED) is 0.0419. The van der Waals surface area contributed by atoms with Crippen LogP contribution in [-0.2, 0) is 37.0 Å². The third-order valence-electron chi connectivity index (χ3n) is 8.77. The van der Waals surface area contributed by atoms with Crippen molar-refractivity contribution in [1.82, 2.24) is 9.97 Å². The number of nitrogens with one attached hydrogen (secondary N) is 2. The first-order valence-electron chi connectivity index (χ1n) is 17.4. The minimum Gasteiger partial charge on any atom is -0.746 e. The number of fused-ring (bicyclic) bond motifs is 1. The Kier molecular flexibility index (Phi) is 21.7. The molecule has 0 atom stereocenters. The maximum Gasteiger partial charge on any atom is 1.00 e. The van der Waals surface area contributed by atoms with Crippen molar-refractivity contribution < 1.29 is 138 Å². The van der Waals surface area contributed by atoms with Gasteiger partial charge in [-0.1, -0.05) is 41.7 Å². The molecule has 0 fully saturated rings. The maximum atomic E-state index is 12.1. The second-order valence-corrected chi connectivity index (χ2v) is 17.9. The number of aliphatic hydroxyl groups excluding tert-OH is 1. The summed E-state index contributed by atoms with van der Waals surface area (Å²) in [7, 11) is -14.5. The smallest absolute Gasteiger partial charge is 0.746 e. The number of aromatic nitrogens is 2. The third-order valence-corrected chi connectivity index (χ3v) is 12.2. The Bertz CT molecular complexity index is 3340. The fourth-order valence-electron chi connectivity index (χ4n) is 5.77. The van der Waals surface area contributed by atoms with Gasteiger partial charge in [-0.25, -0.2) is 46.0 Å². The standard InChI is InChI=1S/C39H27N9O10S4.5Li/c1-22-32(20-40)36(41-26-10-14-29(15-11-26)60(50,51)52)44-37(42-27-12-16-30(17-13-27)61(53,54)55)34(22)46-48-39-43-35(24-8-6-23(21-49)7-9-24)38(59-39)47-45-28-18-25-4-2-3-5-31(25)33(19-28)62(56,57)58;;;;;/h2,5-19,49H,21H2,1H3,(H2,41,42,44)(H,50,51,52)(H,53,54,55)(H,56,57,58);;;;;/q-2;5*+1/p-3. The number of thiazole rings is 1. The molecule has 0 aliphatic carbocycles. The molecule has 0 saturated carbocycles. The molecule has 3 N–H and O–H groups in total. The van der Waals surface area contributed by atoms with Crippen LogP contribution in [0.2, 0.25) is 0 Å². The van der Waals surface area contributed by atoms with Gasteiger partial charge in [-0.2, -0.15) is 5.26 Å². The van der Waals surface area contributed by atoms with E-state index in [9.17, 15) is 49.3 Å². The van der Waals surface area contributed by atoms with Crippen molar-refractivity contribution in [2.24, 2.45) is 20.5 Å². The molecule has 28 heteroatoms. The number of aliphatic hydroxyl groups is 1. The van der Waals surface area contributed by atoms with Crippen LogP contribution in [0.25, 0.3) is 22.0 Å².